The molecule has 5 nitrogen and oxygen atoms in total. The van der Waals surface area contributed by atoms with Gasteiger partial charge in [0.25, 0.3) is 5.91 Å². The van der Waals surface area contributed by atoms with Gasteiger partial charge in [-0.05, 0) is 49.2 Å². The van der Waals surface area contributed by atoms with Crippen molar-refractivity contribution in [2.24, 2.45) is 0 Å². The van der Waals surface area contributed by atoms with Crippen LogP contribution in [0.5, 0.6) is 5.75 Å². The van der Waals surface area contributed by atoms with Gasteiger partial charge in [0.1, 0.15) is 5.75 Å². The molecule has 0 radical (unpaired) electrons. The van der Waals surface area contributed by atoms with Gasteiger partial charge >= 0.3 is 0 Å². The molecule has 5 heteroatoms. The number of hydrogen-bond acceptors (Lipinski definition) is 4. The third-order valence-corrected chi connectivity index (χ3v) is 4.99. The molecule has 154 valence electrons. The second-order valence-electron chi connectivity index (χ2n) is 7.51. The fraction of sp³-hybridized carbons (Fsp3) is 0.115. The van der Waals surface area contributed by atoms with Crippen LogP contribution >= 0.6 is 0 Å². The van der Waals surface area contributed by atoms with Crippen molar-refractivity contribution in [2.45, 2.75) is 13.8 Å². The topological polar surface area (TPSA) is 72.5 Å². The van der Waals surface area contributed by atoms with Gasteiger partial charge < -0.3 is 10.1 Å². The van der Waals surface area contributed by atoms with E-state index in [9.17, 15) is 14.4 Å². The van der Waals surface area contributed by atoms with Gasteiger partial charge in [-0.2, -0.15) is 0 Å². The molecule has 3 aromatic rings. The largest absolute Gasteiger partial charge is 0.483 e. The Morgan fingerprint density at radius 2 is 1.45 bits per heavy atom. The maximum Gasteiger partial charge on any atom is 0.262 e. The zero-order valence-corrected chi connectivity index (χ0v) is 17.3. The van der Waals surface area contributed by atoms with Crippen molar-refractivity contribution in [3.05, 3.63) is 100 Å². The van der Waals surface area contributed by atoms with E-state index in [-0.39, 0.29) is 29.7 Å². The molecule has 0 aliphatic heterocycles. The summed E-state index contributed by atoms with van der Waals surface area (Å²) in [7, 11) is 0. The van der Waals surface area contributed by atoms with Crippen LogP contribution in [0.15, 0.2) is 72.3 Å². The highest BCUT2D eigenvalue weighted by atomic mass is 16.5. The molecule has 0 unspecified atom stereocenters. The zero-order valence-electron chi connectivity index (χ0n) is 17.3. The number of anilines is 1. The molecule has 1 N–H and O–H groups in total. The van der Waals surface area contributed by atoms with Crippen LogP contribution in [0.25, 0.3) is 6.08 Å². The van der Waals surface area contributed by atoms with Crippen LogP contribution in [-0.4, -0.2) is 24.1 Å². The van der Waals surface area contributed by atoms with Crippen molar-refractivity contribution in [3.63, 3.8) is 0 Å². The quantitative estimate of drug-likeness (QED) is 0.484. The standard InChI is InChI=1S/C26H21NO4/c1-16-11-17(2)13-19(12-16)27-24(28)15-31-23-10-6-3-7-18(23)14-22-25(29)20-8-4-5-9-21(20)26(22)30/h3-14H,15H2,1-2H3,(H,27,28). The number of rotatable bonds is 5. The summed E-state index contributed by atoms with van der Waals surface area (Å²) in [6.45, 7) is 3.73. The average molecular weight is 411 g/mol. The number of benzene rings is 3. The van der Waals surface area contributed by atoms with Gasteiger partial charge in [0.05, 0.1) is 5.57 Å². The highest BCUT2D eigenvalue weighted by Gasteiger charge is 2.32. The molecule has 4 rings (SSSR count). The molecule has 0 spiro atoms. The molecule has 1 aliphatic carbocycles. The summed E-state index contributed by atoms with van der Waals surface area (Å²) in [4.78, 5) is 37.7. The van der Waals surface area contributed by atoms with E-state index in [4.69, 9.17) is 4.74 Å². The fourth-order valence-electron chi connectivity index (χ4n) is 3.68. The number of fused-ring (bicyclic) bond motifs is 1. The summed E-state index contributed by atoms with van der Waals surface area (Å²) in [5.41, 5.74) is 4.29. The lowest BCUT2D eigenvalue weighted by molar-refractivity contribution is -0.118. The number of carbonyl (C=O) groups is 3. The number of allylic oxidation sites excluding steroid dienone is 1. The molecule has 0 saturated heterocycles. The molecular weight excluding hydrogens is 390 g/mol. The van der Waals surface area contributed by atoms with Crippen LogP contribution in [0.1, 0.15) is 37.4 Å². The predicted octanol–water partition coefficient (Wildman–Crippen LogP) is 4.78. The Balaban J connectivity index is 1.51. The van der Waals surface area contributed by atoms with Gasteiger partial charge in [0.15, 0.2) is 18.2 Å². The minimum absolute atomic E-state index is 0.0944. The van der Waals surface area contributed by atoms with Crippen molar-refractivity contribution in [3.8, 4) is 5.75 Å². The number of carbonyl (C=O) groups excluding carboxylic acids is 3. The number of nitrogens with one attached hydrogen (secondary N) is 1. The normalized spacial score (nSPS) is 12.5. The first-order chi connectivity index (χ1) is 14.9. The van der Waals surface area contributed by atoms with E-state index < -0.39 is 0 Å². The third-order valence-electron chi connectivity index (χ3n) is 4.99. The molecule has 31 heavy (non-hydrogen) atoms. The van der Waals surface area contributed by atoms with E-state index in [1.165, 1.54) is 6.08 Å². The number of aryl methyl sites for hydroxylation is 2. The number of ketones is 2. The average Bonchev–Trinajstić information content (AvgIpc) is 2.97. The minimum Gasteiger partial charge on any atom is -0.483 e. The van der Waals surface area contributed by atoms with Gasteiger partial charge in [-0.15, -0.1) is 0 Å². The first-order valence-corrected chi connectivity index (χ1v) is 9.92. The van der Waals surface area contributed by atoms with Crippen LogP contribution in [0, 0.1) is 13.8 Å². The van der Waals surface area contributed by atoms with Crippen molar-refractivity contribution in [1.82, 2.24) is 0 Å². The summed E-state index contributed by atoms with van der Waals surface area (Å²) >= 11 is 0. The number of para-hydroxylation sites is 1. The highest BCUT2D eigenvalue weighted by molar-refractivity contribution is 6.41. The number of hydrogen-bond donors (Lipinski definition) is 1. The Bertz CT molecular complexity index is 1180. The molecular formula is C26H21NO4. The number of ether oxygens (including phenoxy) is 1. The Labute approximate surface area is 180 Å². The molecule has 1 aliphatic rings. The lowest BCUT2D eigenvalue weighted by Gasteiger charge is -2.11. The zero-order chi connectivity index (χ0) is 22.0. The smallest absolute Gasteiger partial charge is 0.262 e. The molecule has 0 atom stereocenters. The summed E-state index contributed by atoms with van der Waals surface area (Å²) < 4.78 is 5.71. The Morgan fingerprint density at radius 3 is 2.10 bits per heavy atom. The Hall–Kier alpha value is -3.99. The van der Waals surface area contributed by atoms with Crippen molar-refractivity contribution < 1.29 is 19.1 Å². The van der Waals surface area contributed by atoms with Crippen LogP contribution in [-0.2, 0) is 4.79 Å². The third kappa shape index (κ3) is 4.31. The predicted molar refractivity (Wildman–Crippen MR) is 120 cm³/mol. The minimum atomic E-state index is -0.303. The van der Waals surface area contributed by atoms with Crippen LogP contribution in [0.2, 0.25) is 0 Å². The molecule has 1 amide bonds. The van der Waals surface area contributed by atoms with Crippen molar-refractivity contribution >= 4 is 29.2 Å². The maximum atomic E-state index is 12.7. The molecule has 0 bridgehead atoms. The van der Waals surface area contributed by atoms with E-state index in [0.717, 1.165) is 11.1 Å². The fourth-order valence-corrected chi connectivity index (χ4v) is 3.68. The lowest BCUT2D eigenvalue weighted by atomic mass is 10.1. The second-order valence-corrected chi connectivity index (χ2v) is 7.51. The number of amides is 1. The summed E-state index contributed by atoms with van der Waals surface area (Å²) in [6, 6.07) is 19.6. The lowest BCUT2D eigenvalue weighted by Crippen LogP contribution is -2.20. The molecule has 3 aromatic carbocycles. The first kappa shape index (κ1) is 20.3. The summed E-state index contributed by atoms with van der Waals surface area (Å²) in [5, 5.41) is 2.82. The molecule has 0 fully saturated rings. The van der Waals surface area contributed by atoms with E-state index >= 15 is 0 Å². The monoisotopic (exact) mass is 411 g/mol. The Morgan fingerprint density at radius 1 is 0.871 bits per heavy atom. The van der Waals surface area contributed by atoms with E-state index in [2.05, 4.69) is 5.32 Å². The van der Waals surface area contributed by atoms with Gasteiger partial charge in [0, 0.05) is 22.4 Å². The summed E-state index contributed by atoms with van der Waals surface area (Å²) in [5.74, 6) is -0.485. The second kappa shape index (κ2) is 8.40. The summed E-state index contributed by atoms with van der Waals surface area (Å²) in [6.07, 6.45) is 1.53. The molecule has 0 saturated carbocycles. The van der Waals surface area contributed by atoms with Gasteiger partial charge in [0.2, 0.25) is 0 Å². The Kier molecular flexibility index (Phi) is 5.50. The van der Waals surface area contributed by atoms with Gasteiger partial charge in [-0.1, -0.05) is 48.5 Å². The van der Waals surface area contributed by atoms with Gasteiger partial charge in [-0.25, -0.2) is 0 Å². The van der Waals surface area contributed by atoms with Crippen LogP contribution in [0.4, 0.5) is 5.69 Å². The van der Waals surface area contributed by atoms with E-state index in [1.54, 1.807) is 48.5 Å². The van der Waals surface area contributed by atoms with Crippen molar-refractivity contribution in [2.75, 3.05) is 11.9 Å². The first-order valence-electron chi connectivity index (χ1n) is 9.92. The molecule has 0 heterocycles. The maximum absolute atomic E-state index is 12.7. The van der Waals surface area contributed by atoms with Gasteiger partial charge in [-0.3, -0.25) is 14.4 Å². The van der Waals surface area contributed by atoms with Crippen LogP contribution in [0.3, 0.4) is 0 Å². The van der Waals surface area contributed by atoms with Crippen molar-refractivity contribution in [1.29, 1.82) is 0 Å². The van der Waals surface area contributed by atoms with E-state index in [1.807, 2.05) is 32.0 Å². The highest BCUT2D eigenvalue weighted by Crippen LogP contribution is 2.30. The molecule has 0 aromatic heterocycles. The van der Waals surface area contributed by atoms with Crippen LogP contribution < -0.4 is 10.1 Å². The SMILES string of the molecule is Cc1cc(C)cc(NC(=O)COc2ccccc2C=C2C(=O)c3ccccc3C2=O)c1. The van der Waals surface area contributed by atoms with E-state index in [0.29, 0.717) is 28.1 Å². The number of Topliss-reactive ketones (excluding diaryl/α,β-unsaturated/α-hetero) is 2.